The minimum atomic E-state index is -1.36. The number of hydrogen-bond acceptors (Lipinski definition) is 2. The van der Waals surface area contributed by atoms with Crippen molar-refractivity contribution >= 4 is 9.28 Å². The number of allylic oxidation sites excluding steroid dienone is 2. The van der Waals surface area contributed by atoms with Gasteiger partial charge < -0.3 is 8.85 Å². The van der Waals surface area contributed by atoms with Crippen LogP contribution < -0.4 is 0 Å². The highest BCUT2D eigenvalue weighted by molar-refractivity contribution is 6.42. The zero-order chi connectivity index (χ0) is 8.97. The fourth-order valence-electron chi connectivity index (χ4n) is 1.16. The Morgan fingerprint density at radius 2 is 2.25 bits per heavy atom. The van der Waals surface area contributed by atoms with Crippen LogP contribution in [0.3, 0.4) is 0 Å². The van der Waals surface area contributed by atoms with E-state index in [4.69, 9.17) is 8.85 Å². The van der Waals surface area contributed by atoms with Gasteiger partial charge in [-0.05, 0) is 45.2 Å². The van der Waals surface area contributed by atoms with Gasteiger partial charge in [-0.25, -0.2) is 0 Å². The first-order valence-electron chi connectivity index (χ1n) is 4.69. The van der Waals surface area contributed by atoms with Gasteiger partial charge >= 0.3 is 9.28 Å². The second-order valence-electron chi connectivity index (χ2n) is 3.26. The Hall–Kier alpha value is -0.283. The van der Waals surface area contributed by atoms with Crippen LogP contribution in [0.1, 0.15) is 26.7 Å². The summed E-state index contributed by atoms with van der Waals surface area (Å²) in [6.07, 6.45) is 4.90. The highest BCUT2D eigenvalue weighted by atomic mass is 28.3. The van der Waals surface area contributed by atoms with Crippen molar-refractivity contribution in [1.29, 1.82) is 0 Å². The Labute approximate surface area is 76.4 Å². The molecule has 3 heteroatoms. The molecule has 0 amide bonds. The van der Waals surface area contributed by atoms with Crippen molar-refractivity contribution in [2.45, 2.75) is 33.2 Å². The summed E-state index contributed by atoms with van der Waals surface area (Å²) in [7, 11) is -1.36. The molecule has 1 aliphatic rings. The third-order valence-corrected chi connectivity index (χ3v) is 3.35. The van der Waals surface area contributed by atoms with Gasteiger partial charge in [-0.15, -0.1) is 0 Å². The van der Waals surface area contributed by atoms with Gasteiger partial charge in [0.15, 0.2) is 0 Å². The lowest BCUT2D eigenvalue weighted by Crippen LogP contribution is -2.17. The van der Waals surface area contributed by atoms with Crippen molar-refractivity contribution in [3.63, 3.8) is 0 Å². The Morgan fingerprint density at radius 3 is 2.75 bits per heavy atom. The second kappa shape index (κ2) is 4.67. The zero-order valence-corrected chi connectivity index (χ0v) is 9.32. The van der Waals surface area contributed by atoms with Crippen LogP contribution in [0.2, 0.25) is 6.55 Å². The van der Waals surface area contributed by atoms with Crippen molar-refractivity contribution < 1.29 is 8.85 Å². The molecule has 12 heavy (non-hydrogen) atoms. The minimum absolute atomic E-state index is 0.768. The summed E-state index contributed by atoms with van der Waals surface area (Å²) in [5.74, 6) is 1.86. The molecule has 1 fully saturated rings. The van der Waals surface area contributed by atoms with Gasteiger partial charge in [0.25, 0.3) is 0 Å². The van der Waals surface area contributed by atoms with E-state index in [1.165, 1.54) is 12.8 Å². The van der Waals surface area contributed by atoms with Crippen LogP contribution in [-0.2, 0) is 8.85 Å². The molecule has 0 radical (unpaired) electrons. The molecule has 1 atom stereocenters. The van der Waals surface area contributed by atoms with Crippen molar-refractivity contribution in [2.24, 2.45) is 5.92 Å². The molecule has 1 aliphatic carbocycles. The van der Waals surface area contributed by atoms with Crippen molar-refractivity contribution in [2.75, 3.05) is 6.61 Å². The number of rotatable bonds is 5. The van der Waals surface area contributed by atoms with Gasteiger partial charge in [0, 0.05) is 6.61 Å². The van der Waals surface area contributed by atoms with Gasteiger partial charge in [0.05, 0.1) is 5.76 Å². The van der Waals surface area contributed by atoms with Gasteiger partial charge in [0.1, 0.15) is 0 Å². The maximum Gasteiger partial charge on any atom is 0.378 e. The molecule has 0 bridgehead atoms. The molecule has 1 saturated carbocycles. The van der Waals surface area contributed by atoms with Gasteiger partial charge in [-0.2, -0.15) is 0 Å². The molecule has 0 saturated heterocycles. The molecule has 0 heterocycles. The molecule has 0 N–H and O–H groups in total. The summed E-state index contributed by atoms with van der Waals surface area (Å²) in [5, 5.41) is 0. The maximum absolute atomic E-state index is 5.62. The predicted octanol–water partition coefficient (Wildman–Crippen LogP) is 2.20. The summed E-state index contributed by atoms with van der Waals surface area (Å²) in [6.45, 7) is 6.87. The van der Waals surface area contributed by atoms with Crippen LogP contribution >= 0.6 is 0 Å². The van der Waals surface area contributed by atoms with Gasteiger partial charge in [0.2, 0.25) is 0 Å². The smallest absolute Gasteiger partial charge is 0.378 e. The minimum Gasteiger partial charge on any atom is -0.527 e. The van der Waals surface area contributed by atoms with E-state index in [1.54, 1.807) is 0 Å². The third-order valence-electron chi connectivity index (χ3n) is 1.85. The highest BCUT2D eigenvalue weighted by Gasteiger charge is 2.19. The molecule has 0 spiro atoms. The van der Waals surface area contributed by atoms with Crippen LogP contribution in [0, 0.1) is 5.92 Å². The lowest BCUT2D eigenvalue weighted by Gasteiger charge is -2.12. The Kier molecular flexibility index (Phi) is 3.82. The zero-order valence-electron chi connectivity index (χ0n) is 8.17. The molecular weight excluding hydrogens is 168 g/mol. The molecule has 1 unspecified atom stereocenters. The highest BCUT2D eigenvalue weighted by Crippen LogP contribution is 2.31. The molecule has 2 nitrogen and oxygen atoms in total. The summed E-state index contributed by atoms with van der Waals surface area (Å²) in [5.41, 5.74) is 0. The molecule has 70 valence electrons. The van der Waals surface area contributed by atoms with E-state index in [9.17, 15) is 0 Å². The Bertz CT molecular complexity index is 164. The van der Waals surface area contributed by atoms with Gasteiger partial charge in [-0.3, -0.25) is 0 Å². The molecule has 0 aromatic rings. The molecular formula is C9H18O2Si. The first-order chi connectivity index (χ1) is 5.72. The topological polar surface area (TPSA) is 18.5 Å². The normalized spacial score (nSPS) is 20.8. The summed E-state index contributed by atoms with van der Waals surface area (Å²) in [6, 6.07) is 0. The largest absolute Gasteiger partial charge is 0.527 e. The van der Waals surface area contributed by atoms with E-state index in [0.717, 1.165) is 18.3 Å². The van der Waals surface area contributed by atoms with E-state index < -0.39 is 9.28 Å². The Morgan fingerprint density at radius 1 is 1.58 bits per heavy atom. The third kappa shape index (κ3) is 3.92. The first-order valence-corrected chi connectivity index (χ1v) is 6.78. The van der Waals surface area contributed by atoms with Crippen molar-refractivity contribution in [1.82, 2.24) is 0 Å². The quantitative estimate of drug-likeness (QED) is 0.484. The SMILES string of the molecule is CCO[SiH](C)OC(C)=CC1CC1. The molecule has 0 aromatic carbocycles. The van der Waals surface area contributed by atoms with E-state index in [-0.39, 0.29) is 0 Å². The fourth-order valence-corrected chi connectivity index (χ4v) is 2.30. The molecule has 0 aromatic heterocycles. The van der Waals surface area contributed by atoms with E-state index in [2.05, 4.69) is 12.6 Å². The first kappa shape index (κ1) is 9.80. The van der Waals surface area contributed by atoms with E-state index >= 15 is 0 Å². The number of hydrogen-bond donors (Lipinski definition) is 0. The van der Waals surface area contributed by atoms with Crippen molar-refractivity contribution in [3.05, 3.63) is 11.8 Å². The van der Waals surface area contributed by atoms with Crippen LogP contribution in [0.4, 0.5) is 0 Å². The molecule has 0 aliphatic heterocycles. The Balaban J connectivity index is 2.19. The lowest BCUT2D eigenvalue weighted by atomic mass is 10.3. The average molecular weight is 186 g/mol. The second-order valence-corrected chi connectivity index (χ2v) is 4.96. The average Bonchev–Trinajstić information content (AvgIpc) is 2.71. The predicted molar refractivity (Wildman–Crippen MR) is 52.2 cm³/mol. The fraction of sp³-hybridized carbons (Fsp3) is 0.778. The summed E-state index contributed by atoms with van der Waals surface area (Å²) in [4.78, 5) is 0. The van der Waals surface area contributed by atoms with Crippen LogP contribution in [0.15, 0.2) is 11.8 Å². The standard InChI is InChI=1S/C9H18O2Si/c1-4-10-12(3)11-8(2)7-9-5-6-9/h7,9,12H,4-6H2,1-3H3. The lowest BCUT2D eigenvalue weighted by molar-refractivity contribution is 0.253. The van der Waals surface area contributed by atoms with E-state index in [1.807, 2.05) is 13.8 Å². The summed E-state index contributed by atoms with van der Waals surface area (Å²) >= 11 is 0. The summed E-state index contributed by atoms with van der Waals surface area (Å²) < 4.78 is 11.0. The van der Waals surface area contributed by atoms with Crippen molar-refractivity contribution in [3.8, 4) is 0 Å². The van der Waals surface area contributed by atoms with Crippen LogP contribution in [-0.4, -0.2) is 15.9 Å². The maximum atomic E-state index is 5.62. The van der Waals surface area contributed by atoms with E-state index in [0.29, 0.717) is 0 Å². The van der Waals surface area contributed by atoms with Crippen LogP contribution in [0.5, 0.6) is 0 Å². The molecule has 1 rings (SSSR count). The monoisotopic (exact) mass is 186 g/mol. The van der Waals surface area contributed by atoms with Crippen LogP contribution in [0.25, 0.3) is 0 Å². The van der Waals surface area contributed by atoms with Gasteiger partial charge in [-0.1, -0.05) is 0 Å².